The zero-order valence-corrected chi connectivity index (χ0v) is 21.8. The van der Waals surface area contributed by atoms with Crippen molar-refractivity contribution in [1.29, 1.82) is 0 Å². The molecule has 8 heteroatoms. The predicted octanol–water partition coefficient (Wildman–Crippen LogP) is 2.94. The smallest absolute Gasteiger partial charge is 0.191 e. The second-order valence-electron chi connectivity index (χ2n) is 8.19. The van der Waals surface area contributed by atoms with E-state index in [-0.39, 0.29) is 24.0 Å². The minimum atomic E-state index is 0. The molecular formula is C23H40IN7. The van der Waals surface area contributed by atoms with Gasteiger partial charge in [-0.05, 0) is 71.9 Å². The van der Waals surface area contributed by atoms with E-state index >= 15 is 0 Å². The van der Waals surface area contributed by atoms with Gasteiger partial charge in [0.05, 0.1) is 11.0 Å². The maximum atomic E-state index is 4.77. The molecule has 2 N–H and O–H groups in total. The maximum absolute atomic E-state index is 4.77. The van der Waals surface area contributed by atoms with Gasteiger partial charge in [-0.1, -0.05) is 12.1 Å². The van der Waals surface area contributed by atoms with Gasteiger partial charge in [-0.2, -0.15) is 0 Å². The van der Waals surface area contributed by atoms with Crippen LogP contribution < -0.4 is 10.6 Å². The first kappa shape index (κ1) is 25.9. The van der Waals surface area contributed by atoms with Crippen LogP contribution in [-0.4, -0.2) is 84.7 Å². The second-order valence-corrected chi connectivity index (χ2v) is 8.19. The number of aryl methyl sites for hydroxylation is 2. The molecule has 3 rings (SSSR count). The molecule has 1 aromatic carbocycles. The average molecular weight is 542 g/mol. The van der Waals surface area contributed by atoms with Crippen LogP contribution >= 0.6 is 24.0 Å². The van der Waals surface area contributed by atoms with E-state index in [2.05, 4.69) is 69.1 Å². The molecule has 0 spiro atoms. The highest BCUT2D eigenvalue weighted by Gasteiger charge is 2.11. The number of nitrogens with one attached hydrogen (secondary N) is 2. The van der Waals surface area contributed by atoms with Crippen LogP contribution in [0.25, 0.3) is 11.0 Å². The number of fused-ring (bicyclic) bond motifs is 1. The Balaban J connectivity index is 0.00000341. The van der Waals surface area contributed by atoms with Gasteiger partial charge in [0.15, 0.2) is 5.96 Å². The quantitative estimate of drug-likeness (QED) is 0.221. The molecule has 0 bridgehead atoms. The third kappa shape index (κ3) is 8.23. The zero-order chi connectivity index (χ0) is 21.2. The molecule has 0 amide bonds. The summed E-state index contributed by atoms with van der Waals surface area (Å²) in [5, 5.41) is 6.87. The van der Waals surface area contributed by atoms with E-state index in [9.17, 15) is 0 Å². The SMILES string of the molecule is CCNC(=NCCCn1c(C)nc2ccccc21)NCCCN1CCCN(C)CC1.I. The van der Waals surface area contributed by atoms with Gasteiger partial charge in [-0.15, -0.1) is 24.0 Å². The largest absolute Gasteiger partial charge is 0.357 e. The molecule has 7 nitrogen and oxygen atoms in total. The van der Waals surface area contributed by atoms with Gasteiger partial charge in [-0.25, -0.2) is 4.98 Å². The summed E-state index contributed by atoms with van der Waals surface area (Å²) >= 11 is 0. The summed E-state index contributed by atoms with van der Waals surface area (Å²) in [7, 11) is 2.22. The molecule has 1 fully saturated rings. The Hall–Kier alpha value is -1.39. The lowest BCUT2D eigenvalue weighted by molar-refractivity contribution is 0.274. The molecule has 2 heterocycles. The highest BCUT2D eigenvalue weighted by Crippen LogP contribution is 2.15. The first-order valence-electron chi connectivity index (χ1n) is 11.5. The minimum Gasteiger partial charge on any atom is -0.357 e. The van der Waals surface area contributed by atoms with Crippen LogP contribution in [-0.2, 0) is 6.54 Å². The molecular weight excluding hydrogens is 501 g/mol. The van der Waals surface area contributed by atoms with E-state index in [4.69, 9.17) is 4.99 Å². The van der Waals surface area contributed by atoms with Crippen molar-refractivity contribution < 1.29 is 0 Å². The first-order valence-corrected chi connectivity index (χ1v) is 11.5. The number of aromatic nitrogens is 2. The number of hydrogen-bond acceptors (Lipinski definition) is 4. The van der Waals surface area contributed by atoms with E-state index in [1.54, 1.807) is 0 Å². The Morgan fingerprint density at radius 1 is 1.06 bits per heavy atom. The number of benzene rings is 1. The van der Waals surface area contributed by atoms with E-state index in [0.29, 0.717) is 0 Å². The standard InChI is InChI=1S/C23H39N7.HI/c1-4-24-23(25-12-7-15-29-16-9-14-28(3)18-19-29)26-13-8-17-30-20(2)27-21-10-5-6-11-22(21)30;/h5-6,10-11H,4,7-9,12-19H2,1-3H3,(H2,24,25,26);1H. The van der Waals surface area contributed by atoms with Crippen LogP contribution in [0, 0.1) is 6.92 Å². The molecule has 0 radical (unpaired) electrons. The number of halogens is 1. The van der Waals surface area contributed by atoms with Crippen LogP contribution in [0.3, 0.4) is 0 Å². The summed E-state index contributed by atoms with van der Waals surface area (Å²) in [6, 6.07) is 8.35. The van der Waals surface area contributed by atoms with Crippen molar-refractivity contribution in [3.8, 4) is 0 Å². The molecule has 0 saturated carbocycles. The summed E-state index contributed by atoms with van der Waals surface area (Å²) in [6.07, 6.45) is 3.42. The van der Waals surface area contributed by atoms with Crippen molar-refractivity contribution >= 4 is 41.0 Å². The number of guanidine groups is 1. The number of para-hydroxylation sites is 2. The summed E-state index contributed by atoms with van der Waals surface area (Å²) < 4.78 is 2.30. The van der Waals surface area contributed by atoms with Gasteiger partial charge < -0.3 is 25.0 Å². The maximum Gasteiger partial charge on any atom is 0.191 e. The predicted molar refractivity (Wildman–Crippen MR) is 142 cm³/mol. The Bertz CT molecular complexity index is 804. The lowest BCUT2D eigenvalue weighted by atomic mass is 10.3. The molecule has 1 saturated heterocycles. The summed E-state index contributed by atoms with van der Waals surface area (Å²) in [5.41, 5.74) is 2.29. The lowest BCUT2D eigenvalue weighted by Gasteiger charge is -2.20. The summed E-state index contributed by atoms with van der Waals surface area (Å²) in [6.45, 7) is 13.8. The van der Waals surface area contributed by atoms with Crippen LogP contribution in [0.4, 0.5) is 0 Å². The second kappa shape index (κ2) is 13.9. The highest BCUT2D eigenvalue weighted by atomic mass is 127. The van der Waals surface area contributed by atoms with Crippen LogP contribution in [0.2, 0.25) is 0 Å². The molecule has 0 unspecified atom stereocenters. The molecule has 1 aliphatic rings. The third-order valence-corrected chi connectivity index (χ3v) is 5.76. The van der Waals surface area contributed by atoms with Gasteiger partial charge in [0.25, 0.3) is 0 Å². The minimum absolute atomic E-state index is 0. The number of nitrogens with zero attached hydrogens (tertiary/aromatic N) is 5. The number of likely N-dealkylation sites (N-methyl/N-ethyl adjacent to an activating group) is 1. The third-order valence-electron chi connectivity index (χ3n) is 5.76. The van der Waals surface area contributed by atoms with E-state index in [0.717, 1.165) is 62.9 Å². The van der Waals surface area contributed by atoms with Crippen molar-refractivity contribution in [2.24, 2.45) is 4.99 Å². The molecule has 1 aliphatic heterocycles. The monoisotopic (exact) mass is 541 g/mol. The Kier molecular flexibility index (Phi) is 11.6. The lowest BCUT2D eigenvalue weighted by Crippen LogP contribution is -2.39. The van der Waals surface area contributed by atoms with Crippen molar-refractivity contribution in [2.45, 2.75) is 39.7 Å². The molecule has 2 aromatic rings. The van der Waals surface area contributed by atoms with Crippen molar-refractivity contribution in [1.82, 2.24) is 30.0 Å². The van der Waals surface area contributed by atoms with Gasteiger partial charge in [0.2, 0.25) is 0 Å². The van der Waals surface area contributed by atoms with Crippen molar-refractivity contribution in [2.75, 3.05) is 59.4 Å². The fourth-order valence-corrected chi connectivity index (χ4v) is 4.07. The Morgan fingerprint density at radius 3 is 2.74 bits per heavy atom. The van der Waals surface area contributed by atoms with Gasteiger partial charge in [-0.3, -0.25) is 4.99 Å². The molecule has 31 heavy (non-hydrogen) atoms. The zero-order valence-electron chi connectivity index (χ0n) is 19.4. The fraction of sp³-hybridized carbons (Fsp3) is 0.652. The van der Waals surface area contributed by atoms with Crippen molar-refractivity contribution in [3.05, 3.63) is 30.1 Å². The average Bonchev–Trinajstić information content (AvgIpc) is 2.91. The van der Waals surface area contributed by atoms with E-state index < -0.39 is 0 Å². The number of aliphatic imine (C=N–C) groups is 1. The van der Waals surface area contributed by atoms with Crippen LogP contribution in [0.15, 0.2) is 29.3 Å². The van der Waals surface area contributed by atoms with Crippen LogP contribution in [0.5, 0.6) is 0 Å². The van der Waals surface area contributed by atoms with E-state index in [1.165, 1.54) is 38.1 Å². The number of imidazole rings is 1. The molecule has 0 aliphatic carbocycles. The normalized spacial score (nSPS) is 16.2. The highest BCUT2D eigenvalue weighted by molar-refractivity contribution is 14.0. The number of rotatable bonds is 9. The Morgan fingerprint density at radius 2 is 1.90 bits per heavy atom. The molecule has 1 aromatic heterocycles. The van der Waals surface area contributed by atoms with Crippen LogP contribution in [0.1, 0.15) is 32.0 Å². The summed E-state index contributed by atoms with van der Waals surface area (Å²) in [4.78, 5) is 14.4. The van der Waals surface area contributed by atoms with Gasteiger partial charge >= 0.3 is 0 Å². The van der Waals surface area contributed by atoms with Crippen molar-refractivity contribution in [3.63, 3.8) is 0 Å². The van der Waals surface area contributed by atoms with Gasteiger partial charge in [0.1, 0.15) is 5.82 Å². The first-order chi connectivity index (χ1) is 14.7. The summed E-state index contributed by atoms with van der Waals surface area (Å²) in [5.74, 6) is 2.00. The number of hydrogen-bond donors (Lipinski definition) is 2. The van der Waals surface area contributed by atoms with Gasteiger partial charge in [0, 0.05) is 39.3 Å². The van der Waals surface area contributed by atoms with E-state index in [1.807, 2.05) is 6.07 Å². The topological polar surface area (TPSA) is 60.7 Å². The molecule has 0 atom stereocenters. The molecule has 174 valence electrons. The Labute approximate surface area is 204 Å². The fourth-order valence-electron chi connectivity index (χ4n) is 4.07.